The van der Waals surface area contributed by atoms with E-state index in [0.717, 1.165) is 49.2 Å². The zero-order chi connectivity index (χ0) is 23.8. The third-order valence-corrected chi connectivity index (χ3v) is 7.17. The van der Waals surface area contributed by atoms with Gasteiger partial charge in [-0.15, -0.1) is 0 Å². The molecular formula is C26H25FN4O3. The van der Waals surface area contributed by atoms with Crippen molar-refractivity contribution in [1.82, 2.24) is 15.1 Å². The maximum atomic E-state index is 14.5. The van der Waals surface area contributed by atoms with E-state index in [-0.39, 0.29) is 37.1 Å². The number of carbonyl (C=O) groups excluding carboxylic acids is 3. The average Bonchev–Trinajstić information content (AvgIpc) is 3.15. The van der Waals surface area contributed by atoms with Gasteiger partial charge >= 0.3 is 0 Å². The lowest BCUT2D eigenvalue weighted by atomic mass is 9.85. The summed E-state index contributed by atoms with van der Waals surface area (Å²) in [6, 6.07) is 11.8. The Hall–Kier alpha value is -3.57. The van der Waals surface area contributed by atoms with Gasteiger partial charge in [-0.1, -0.05) is 12.1 Å². The van der Waals surface area contributed by atoms with Crippen LogP contribution in [0.5, 0.6) is 0 Å². The molecule has 0 aromatic heterocycles. The lowest BCUT2D eigenvalue weighted by Crippen LogP contribution is -2.52. The molecule has 2 fully saturated rings. The number of hydrogen-bond donors (Lipinski definition) is 1. The van der Waals surface area contributed by atoms with Gasteiger partial charge in [-0.3, -0.25) is 24.6 Å². The van der Waals surface area contributed by atoms with Crippen LogP contribution in [0.4, 0.5) is 4.39 Å². The zero-order valence-corrected chi connectivity index (χ0v) is 18.7. The summed E-state index contributed by atoms with van der Waals surface area (Å²) in [7, 11) is 0. The summed E-state index contributed by atoms with van der Waals surface area (Å²) in [4.78, 5) is 40.8. The van der Waals surface area contributed by atoms with E-state index in [1.165, 1.54) is 11.0 Å². The van der Waals surface area contributed by atoms with Crippen molar-refractivity contribution < 1.29 is 18.8 Å². The lowest BCUT2D eigenvalue weighted by molar-refractivity contribution is -0.136. The van der Waals surface area contributed by atoms with Crippen LogP contribution >= 0.6 is 0 Å². The van der Waals surface area contributed by atoms with Gasteiger partial charge in [-0.05, 0) is 79.2 Å². The van der Waals surface area contributed by atoms with Gasteiger partial charge in [0.2, 0.25) is 11.8 Å². The minimum atomic E-state index is -0.706. The van der Waals surface area contributed by atoms with Crippen LogP contribution in [0.1, 0.15) is 64.2 Å². The Morgan fingerprint density at radius 3 is 2.47 bits per heavy atom. The van der Waals surface area contributed by atoms with Gasteiger partial charge in [0.25, 0.3) is 5.91 Å². The summed E-state index contributed by atoms with van der Waals surface area (Å²) >= 11 is 0. The number of piperidine rings is 2. The molecule has 2 aromatic rings. The molecule has 7 nitrogen and oxygen atoms in total. The van der Waals surface area contributed by atoms with E-state index in [4.69, 9.17) is 5.26 Å². The first-order valence-corrected chi connectivity index (χ1v) is 11.6. The average molecular weight is 461 g/mol. The molecule has 3 aliphatic rings. The number of amides is 3. The number of rotatable bonds is 4. The molecule has 0 radical (unpaired) electrons. The molecule has 2 saturated heterocycles. The van der Waals surface area contributed by atoms with Crippen molar-refractivity contribution in [3.05, 3.63) is 70.0 Å². The minimum Gasteiger partial charge on any atom is -0.322 e. The quantitative estimate of drug-likeness (QED) is 0.709. The molecule has 0 aliphatic carbocycles. The standard InChI is InChI=1S/C26H25FN4O3/c27-19-11-20(18-7-9-30(10-8-18)14-17-3-1-16(13-28)2-4-17)22-15-31(26(34)21(22)12-19)23-5-6-24(32)29-25(23)33/h1-4,11-12,18,23H,5-10,14-15H2,(H,29,32,33). The summed E-state index contributed by atoms with van der Waals surface area (Å²) in [5.41, 5.74) is 3.79. The number of likely N-dealkylation sites (tertiary alicyclic amines) is 1. The van der Waals surface area contributed by atoms with Gasteiger partial charge in [-0.25, -0.2) is 4.39 Å². The fraction of sp³-hybridized carbons (Fsp3) is 0.385. The second kappa shape index (κ2) is 8.99. The Morgan fingerprint density at radius 2 is 1.79 bits per heavy atom. The van der Waals surface area contributed by atoms with Gasteiger partial charge in [0.05, 0.1) is 11.6 Å². The highest BCUT2D eigenvalue weighted by atomic mass is 19.1. The second-order valence-corrected chi connectivity index (χ2v) is 9.28. The number of nitrogens with one attached hydrogen (secondary N) is 1. The Morgan fingerprint density at radius 1 is 1.06 bits per heavy atom. The van der Waals surface area contributed by atoms with Crippen LogP contribution in [0.3, 0.4) is 0 Å². The Labute approximate surface area is 197 Å². The summed E-state index contributed by atoms with van der Waals surface area (Å²) in [5, 5.41) is 11.3. The van der Waals surface area contributed by atoms with Crippen LogP contribution in [0.25, 0.3) is 0 Å². The number of nitriles is 1. The molecule has 0 spiro atoms. The normalized spacial score (nSPS) is 21.4. The molecule has 174 valence electrons. The van der Waals surface area contributed by atoms with Crippen molar-refractivity contribution in [2.45, 2.75) is 50.7 Å². The van der Waals surface area contributed by atoms with Crippen LogP contribution in [0, 0.1) is 17.1 Å². The molecule has 34 heavy (non-hydrogen) atoms. The highest BCUT2D eigenvalue weighted by Crippen LogP contribution is 2.38. The summed E-state index contributed by atoms with van der Waals surface area (Å²) < 4.78 is 14.5. The van der Waals surface area contributed by atoms with E-state index in [0.29, 0.717) is 11.1 Å². The number of nitrogens with zero attached hydrogens (tertiary/aromatic N) is 3. The predicted molar refractivity (Wildman–Crippen MR) is 121 cm³/mol. The monoisotopic (exact) mass is 460 g/mol. The largest absolute Gasteiger partial charge is 0.322 e. The van der Waals surface area contributed by atoms with E-state index in [9.17, 15) is 18.8 Å². The maximum absolute atomic E-state index is 14.5. The summed E-state index contributed by atoms with van der Waals surface area (Å²) in [5.74, 6) is -1.44. The molecule has 1 N–H and O–H groups in total. The van der Waals surface area contributed by atoms with E-state index in [1.54, 1.807) is 6.07 Å². The number of halogens is 1. The number of hydrogen-bond acceptors (Lipinski definition) is 5. The van der Waals surface area contributed by atoms with Crippen LogP contribution in [-0.2, 0) is 22.7 Å². The molecular weight excluding hydrogens is 435 g/mol. The van der Waals surface area contributed by atoms with Crippen molar-refractivity contribution in [3.8, 4) is 6.07 Å². The maximum Gasteiger partial charge on any atom is 0.255 e. The summed E-state index contributed by atoms with van der Waals surface area (Å²) in [6.07, 6.45) is 2.17. The molecule has 1 atom stereocenters. The van der Waals surface area contributed by atoms with Crippen molar-refractivity contribution in [2.75, 3.05) is 13.1 Å². The fourth-order valence-corrected chi connectivity index (χ4v) is 5.36. The molecule has 0 bridgehead atoms. The lowest BCUT2D eigenvalue weighted by Gasteiger charge is -2.33. The smallest absolute Gasteiger partial charge is 0.255 e. The first kappa shape index (κ1) is 22.2. The Kier molecular flexibility index (Phi) is 5.88. The molecule has 3 aliphatic heterocycles. The highest BCUT2D eigenvalue weighted by Gasteiger charge is 2.41. The first-order valence-electron chi connectivity index (χ1n) is 11.6. The van der Waals surface area contributed by atoms with Crippen molar-refractivity contribution in [2.24, 2.45) is 0 Å². The number of fused-ring (bicyclic) bond motifs is 1. The van der Waals surface area contributed by atoms with Crippen LogP contribution in [0.15, 0.2) is 36.4 Å². The Balaban J connectivity index is 1.29. The van der Waals surface area contributed by atoms with Crippen LogP contribution in [-0.4, -0.2) is 46.7 Å². The molecule has 3 heterocycles. The van der Waals surface area contributed by atoms with Crippen molar-refractivity contribution in [1.29, 1.82) is 5.26 Å². The van der Waals surface area contributed by atoms with Gasteiger partial charge in [0.1, 0.15) is 11.9 Å². The molecule has 8 heteroatoms. The topological polar surface area (TPSA) is 93.5 Å². The number of carbonyl (C=O) groups is 3. The van der Waals surface area contributed by atoms with Crippen LogP contribution in [0.2, 0.25) is 0 Å². The Bertz CT molecular complexity index is 1200. The van der Waals surface area contributed by atoms with Crippen LogP contribution < -0.4 is 5.32 Å². The van der Waals surface area contributed by atoms with E-state index in [2.05, 4.69) is 16.3 Å². The van der Waals surface area contributed by atoms with E-state index in [1.807, 2.05) is 24.3 Å². The van der Waals surface area contributed by atoms with Gasteiger partial charge in [-0.2, -0.15) is 5.26 Å². The van der Waals surface area contributed by atoms with E-state index < -0.39 is 17.8 Å². The number of benzene rings is 2. The zero-order valence-electron chi connectivity index (χ0n) is 18.7. The SMILES string of the molecule is N#Cc1ccc(CN2CCC(c3cc(F)cc4c3CN(C3CCC(=O)NC3=O)C4=O)CC2)cc1. The molecule has 5 rings (SSSR count). The molecule has 3 amide bonds. The molecule has 1 unspecified atom stereocenters. The third kappa shape index (κ3) is 4.19. The van der Waals surface area contributed by atoms with Crippen molar-refractivity contribution in [3.63, 3.8) is 0 Å². The molecule has 0 saturated carbocycles. The van der Waals surface area contributed by atoms with E-state index >= 15 is 0 Å². The highest BCUT2D eigenvalue weighted by molar-refractivity contribution is 6.05. The van der Waals surface area contributed by atoms with Gasteiger partial charge in [0, 0.05) is 25.1 Å². The minimum absolute atomic E-state index is 0.135. The summed E-state index contributed by atoms with van der Waals surface area (Å²) in [6.45, 7) is 2.75. The van der Waals surface area contributed by atoms with Gasteiger partial charge in [0.15, 0.2) is 0 Å². The first-order chi connectivity index (χ1) is 16.4. The number of imide groups is 1. The third-order valence-electron chi connectivity index (χ3n) is 7.17. The predicted octanol–water partition coefficient (Wildman–Crippen LogP) is 2.84. The fourth-order valence-electron chi connectivity index (χ4n) is 5.36. The van der Waals surface area contributed by atoms with Gasteiger partial charge < -0.3 is 4.90 Å². The molecule has 2 aromatic carbocycles. The second-order valence-electron chi connectivity index (χ2n) is 9.28. The van der Waals surface area contributed by atoms with Crippen molar-refractivity contribution >= 4 is 17.7 Å².